The molecule has 3 heterocycles. The number of piperidine rings is 1. The number of aryl methyl sites for hydroxylation is 2. The lowest BCUT2D eigenvalue weighted by molar-refractivity contribution is -0.179. The van der Waals surface area contributed by atoms with Crippen LogP contribution in [0.3, 0.4) is 0 Å². The number of hydrogen-bond donors (Lipinski definition) is 0. The number of nitrogens with zero attached hydrogens (tertiary/aromatic N) is 3. The molecule has 1 unspecified atom stereocenters. The summed E-state index contributed by atoms with van der Waals surface area (Å²) in [5.41, 5.74) is 0.331. The maximum absolute atomic E-state index is 13.3. The normalized spacial score (nSPS) is 21.3. The summed E-state index contributed by atoms with van der Waals surface area (Å²) in [4.78, 5) is 15.2. The summed E-state index contributed by atoms with van der Waals surface area (Å²) < 4.78 is 43.8. The van der Waals surface area contributed by atoms with Crippen LogP contribution in [0.5, 0.6) is 5.75 Å². The van der Waals surface area contributed by atoms with Gasteiger partial charge in [-0.15, -0.1) is 4.31 Å². The first-order valence-corrected chi connectivity index (χ1v) is 11.7. The molecule has 9 nitrogen and oxygen atoms in total. The van der Waals surface area contributed by atoms with Crippen LogP contribution in [0.4, 0.5) is 0 Å². The molecule has 1 aromatic heterocycles. The minimum absolute atomic E-state index is 0.0871. The lowest BCUT2D eigenvalue weighted by atomic mass is 9.89. The van der Waals surface area contributed by atoms with Crippen LogP contribution in [0.1, 0.15) is 29.9 Å². The van der Waals surface area contributed by atoms with E-state index in [2.05, 4.69) is 5.16 Å². The minimum Gasteiger partial charge on any atom is -0.593 e. The highest BCUT2D eigenvalue weighted by atomic mass is 32.3. The lowest BCUT2D eigenvalue weighted by Gasteiger charge is -2.45. The van der Waals surface area contributed by atoms with E-state index in [1.807, 2.05) is 24.3 Å². The van der Waals surface area contributed by atoms with Gasteiger partial charge >= 0.3 is 0 Å². The van der Waals surface area contributed by atoms with E-state index in [-0.39, 0.29) is 29.7 Å². The highest BCUT2D eigenvalue weighted by molar-refractivity contribution is 7.95. The fourth-order valence-electron chi connectivity index (χ4n) is 4.36. The van der Waals surface area contributed by atoms with E-state index in [9.17, 15) is 13.6 Å². The zero-order valence-corrected chi connectivity index (χ0v) is 18.8. The molecule has 10 heteroatoms. The number of morpholine rings is 1. The Balaban J connectivity index is 1.47. The fourth-order valence-corrected chi connectivity index (χ4v) is 6.10. The van der Waals surface area contributed by atoms with Crippen molar-refractivity contribution >= 4 is 16.3 Å². The van der Waals surface area contributed by atoms with Crippen molar-refractivity contribution < 1.29 is 27.6 Å². The third-order valence-corrected chi connectivity index (χ3v) is 8.16. The SMILES string of the molecule is COc1cccc(CN2CCOC3(CCN([S+](=O)([O-])c4c(C)noc4C)CC3)C2=O)c1. The molecule has 2 fully saturated rings. The smallest absolute Gasteiger partial charge is 0.255 e. The second kappa shape index (κ2) is 8.34. The summed E-state index contributed by atoms with van der Waals surface area (Å²) in [6, 6.07) is 7.62. The summed E-state index contributed by atoms with van der Waals surface area (Å²) in [5, 5.41) is 3.76. The van der Waals surface area contributed by atoms with Crippen LogP contribution in [-0.4, -0.2) is 63.8 Å². The van der Waals surface area contributed by atoms with Crippen molar-refractivity contribution in [1.29, 1.82) is 0 Å². The van der Waals surface area contributed by atoms with Crippen LogP contribution >= 0.6 is 0 Å². The van der Waals surface area contributed by atoms with Crippen molar-refractivity contribution in [2.75, 3.05) is 33.4 Å². The Kier molecular flexibility index (Phi) is 5.91. The van der Waals surface area contributed by atoms with Crippen LogP contribution in [-0.2, 0) is 30.7 Å². The van der Waals surface area contributed by atoms with Gasteiger partial charge in [0.25, 0.3) is 5.91 Å². The second-order valence-electron chi connectivity index (χ2n) is 7.98. The molecule has 0 aliphatic carbocycles. The Bertz CT molecular complexity index is 995. The van der Waals surface area contributed by atoms with Gasteiger partial charge in [-0.3, -0.25) is 4.79 Å². The number of ether oxygens (including phenoxy) is 2. The molecule has 1 atom stereocenters. The third-order valence-electron chi connectivity index (χ3n) is 6.02. The molecule has 0 bridgehead atoms. The molecule has 31 heavy (non-hydrogen) atoms. The van der Waals surface area contributed by atoms with Crippen LogP contribution in [0.25, 0.3) is 0 Å². The summed E-state index contributed by atoms with van der Waals surface area (Å²) in [5.74, 6) is 0.925. The van der Waals surface area contributed by atoms with Crippen molar-refractivity contribution in [3.05, 3.63) is 41.3 Å². The summed E-state index contributed by atoms with van der Waals surface area (Å²) >= 11 is 0. The van der Waals surface area contributed by atoms with Crippen molar-refractivity contribution in [2.45, 2.75) is 43.7 Å². The molecular formula is C21H27N3O6S. The predicted molar refractivity (Wildman–Crippen MR) is 111 cm³/mol. The Labute approximate surface area is 182 Å². The Morgan fingerprint density at radius 1 is 1.26 bits per heavy atom. The van der Waals surface area contributed by atoms with E-state index in [4.69, 9.17) is 14.0 Å². The largest absolute Gasteiger partial charge is 0.593 e. The highest BCUT2D eigenvalue weighted by Crippen LogP contribution is 2.36. The molecule has 2 aliphatic rings. The molecule has 1 amide bonds. The quantitative estimate of drug-likeness (QED) is 0.643. The Hall–Kier alpha value is -2.27. The molecule has 168 valence electrons. The van der Waals surface area contributed by atoms with Crippen molar-refractivity contribution in [3.8, 4) is 5.75 Å². The van der Waals surface area contributed by atoms with Gasteiger partial charge in [0.15, 0.2) is 16.2 Å². The number of rotatable bonds is 5. The van der Waals surface area contributed by atoms with Gasteiger partial charge in [0.2, 0.25) is 4.90 Å². The van der Waals surface area contributed by atoms with Gasteiger partial charge in [0.05, 0.1) is 13.7 Å². The molecule has 1 spiro atoms. The Morgan fingerprint density at radius 3 is 2.65 bits per heavy atom. The highest BCUT2D eigenvalue weighted by Gasteiger charge is 2.50. The van der Waals surface area contributed by atoms with Gasteiger partial charge in [-0.05, 0) is 24.6 Å². The molecule has 2 aromatic rings. The van der Waals surface area contributed by atoms with Crippen LogP contribution in [0.15, 0.2) is 33.7 Å². The van der Waals surface area contributed by atoms with E-state index in [1.54, 1.807) is 25.9 Å². The number of sulfonamides is 1. The van der Waals surface area contributed by atoms with E-state index in [0.717, 1.165) is 11.3 Å². The average molecular weight is 450 g/mol. The third kappa shape index (κ3) is 4.00. The first-order valence-electron chi connectivity index (χ1n) is 10.3. The van der Waals surface area contributed by atoms with Crippen LogP contribution in [0, 0.1) is 13.8 Å². The standard InChI is InChI=1S/C21H27N3O6S/c1-15-19(16(2)30-22-15)31(26,27)24-9-7-21(8-10-24)20(25)23(11-12-29-21)14-17-5-4-6-18(13-17)28-3/h4-6,13H,7-12,14H2,1-3H3. The first kappa shape index (κ1) is 21.9. The number of benzene rings is 1. The van der Waals surface area contributed by atoms with Gasteiger partial charge in [0, 0.05) is 45.9 Å². The number of amides is 1. The van der Waals surface area contributed by atoms with Crippen molar-refractivity contribution in [1.82, 2.24) is 14.4 Å². The zero-order valence-electron chi connectivity index (χ0n) is 18.0. The Morgan fingerprint density at radius 2 is 2.00 bits per heavy atom. The molecule has 0 N–H and O–H groups in total. The molecule has 0 radical (unpaired) electrons. The summed E-state index contributed by atoms with van der Waals surface area (Å²) in [6.07, 6.45) is 0.617. The van der Waals surface area contributed by atoms with E-state index < -0.39 is 16.0 Å². The topological polar surface area (TPSA) is 108 Å². The van der Waals surface area contributed by atoms with Gasteiger partial charge in [-0.25, -0.2) is 0 Å². The van der Waals surface area contributed by atoms with Crippen LogP contribution < -0.4 is 4.74 Å². The number of carbonyl (C=O) groups excluding carboxylic acids is 1. The van der Waals surface area contributed by atoms with Gasteiger partial charge in [-0.2, -0.15) is 0 Å². The zero-order chi connectivity index (χ0) is 22.2. The molecule has 2 aliphatic heterocycles. The maximum Gasteiger partial charge on any atom is 0.255 e. The number of carbonyl (C=O) groups is 1. The van der Waals surface area contributed by atoms with E-state index in [0.29, 0.717) is 38.2 Å². The number of hydrogen-bond acceptors (Lipinski definition) is 7. The predicted octanol–water partition coefficient (Wildman–Crippen LogP) is 2.10. The van der Waals surface area contributed by atoms with Crippen molar-refractivity contribution in [3.63, 3.8) is 0 Å². The van der Waals surface area contributed by atoms with E-state index in [1.165, 1.54) is 4.31 Å². The van der Waals surface area contributed by atoms with Gasteiger partial charge < -0.3 is 23.4 Å². The lowest BCUT2D eigenvalue weighted by Crippen LogP contribution is -2.61. The summed E-state index contributed by atoms with van der Waals surface area (Å²) in [7, 11) is -2.13. The van der Waals surface area contributed by atoms with E-state index >= 15 is 0 Å². The van der Waals surface area contributed by atoms with Crippen molar-refractivity contribution in [2.24, 2.45) is 0 Å². The molecule has 0 saturated carbocycles. The minimum atomic E-state index is -3.74. The fraction of sp³-hybridized carbons (Fsp3) is 0.524. The first-order chi connectivity index (χ1) is 14.8. The number of aromatic nitrogens is 1. The molecule has 2 saturated heterocycles. The monoisotopic (exact) mass is 449 g/mol. The molecule has 1 aromatic carbocycles. The maximum atomic E-state index is 13.3. The second-order valence-corrected chi connectivity index (χ2v) is 9.85. The molecule has 4 rings (SSSR count). The number of methoxy groups -OCH3 is 1. The van der Waals surface area contributed by atoms with Gasteiger partial charge in [0.1, 0.15) is 17.0 Å². The average Bonchev–Trinajstić information content (AvgIpc) is 3.11. The summed E-state index contributed by atoms with van der Waals surface area (Å²) in [6.45, 7) is 4.98. The molecular weight excluding hydrogens is 422 g/mol. The van der Waals surface area contributed by atoms with Gasteiger partial charge in [-0.1, -0.05) is 21.5 Å². The van der Waals surface area contributed by atoms with Crippen LogP contribution in [0.2, 0.25) is 0 Å².